The predicted octanol–water partition coefficient (Wildman–Crippen LogP) is 2.96. The molecule has 0 fully saturated rings. The summed E-state index contributed by atoms with van der Waals surface area (Å²) in [6, 6.07) is 0. The molecule has 0 bridgehead atoms. The van der Waals surface area contributed by atoms with Gasteiger partial charge in [-0.3, -0.25) is 4.74 Å². The molecule has 0 N–H and O–H groups in total. The molecule has 0 atom stereocenters. The third kappa shape index (κ3) is 4.49. The molecule has 0 aromatic heterocycles. The summed E-state index contributed by atoms with van der Waals surface area (Å²) in [5.41, 5.74) is 0. The van der Waals surface area contributed by atoms with Crippen LogP contribution in [0, 0.1) is 0 Å². The molecule has 3 nitrogen and oxygen atoms in total. The number of hydrogen-bond donors (Lipinski definition) is 0. The average Bonchev–Trinajstić information content (AvgIpc) is 2.14. The van der Waals surface area contributed by atoms with Gasteiger partial charge in [0.25, 0.3) is 0 Å². The van der Waals surface area contributed by atoms with Crippen LogP contribution in [0.2, 0.25) is 0 Å². The maximum Gasteiger partial charge on any atom is 0.490 e. The van der Waals surface area contributed by atoms with Crippen molar-refractivity contribution in [2.24, 2.45) is 0 Å². The van der Waals surface area contributed by atoms with E-state index in [4.69, 9.17) is 0 Å². The fourth-order valence-electron chi connectivity index (χ4n) is 0.525. The smallest absolute Gasteiger partial charge is 0.299 e. The van der Waals surface area contributed by atoms with Crippen LogP contribution >= 0.6 is 0 Å². The van der Waals surface area contributed by atoms with Crippen LogP contribution in [0.3, 0.4) is 0 Å². The molecule has 18 heavy (non-hydrogen) atoms. The van der Waals surface area contributed by atoms with Crippen LogP contribution in [-0.2, 0) is 14.2 Å². The highest BCUT2D eigenvalue weighted by Gasteiger charge is 2.67. The number of hydrogen-bond acceptors (Lipinski definition) is 3. The van der Waals surface area contributed by atoms with Crippen LogP contribution in [0.5, 0.6) is 0 Å². The van der Waals surface area contributed by atoms with Crippen LogP contribution in [0.4, 0.5) is 39.5 Å². The van der Waals surface area contributed by atoms with E-state index in [0.29, 0.717) is 0 Å². The van der Waals surface area contributed by atoms with E-state index in [1.54, 1.807) is 0 Å². The Morgan fingerprint density at radius 1 is 0.778 bits per heavy atom. The molecule has 0 saturated heterocycles. The van der Waals surface area contributed by atoms with Crippen molar-refractivity contribution in [1.82, 2.24) is 0 Å². The van der Waals surface area contributed by atoms with Gasteiger partial charge in [0.05, 0.1) is 0 Å². The highest BCUT2D eigenvalue weighted by molar-refractivity contribution is 4.70. The summed E-state index contributed by atoms with van der Waals surface area (Å²) in [7, 11) is 0.116. The van der Waals surface area contributed by atoms with E-state index in [2.05, 4.69) is 14.2 Å². The predicted molar refractivity (Wildman–Crippen MR) is 34.9 cm³/mol. The Hall–Kier alpha value is -0.750. The maximum atomic E-state index is 12.4. The van der Waals surface area contributed by atoms with Gasteiger partial charge in [0, 0.05) is 7.11 Å². The van der Waals surface area contributed by atoms with E-state index < -0.39 is 31.3 Å². The first kappa shape index (κ1) is 17.2. The van der Waals surface area contributed by atoms with Gasteiger partial charge in [-0.2, -0.15) is 26.3 Å². The number of ether oxygens (including phenoxy) is 3. The van der Waals surface area contributed by atoms with E-state index in [0.717, 1.165) is 0 Å². The summed E-state index contributed by atoms with van der Waals surface area (Å²) in [6.45, 7) is -2.88. The number of alkyl halides is 9. The lowest BCUT2D eigenvalue weighted by atomic mass is 10.5. The summed E-state index contributed by atoms with van der Waals surface area (Å²) in [5.74, 6) is 0. The van der Waals surface area contributed by atoms with Gasteiger partial charge in [0.1, 0.15) is 0 Å². The van der Waals surface area contributed by atoms with E-state index >= 15 is 0 Å². The van der Waals surface area contributed by atoms with Gasteiger partial charge in [-0.1, -0.05) is 0 Å². The lowest BCUT2D eigenvalue weighted by Crippen LogP contribution is -2.52. The summed E-state index contributed by atoms with van der Waals surface area (Å²) < 4.78 is 117. The first-order valence-corrected chi connectivity index (χ1v) is 3.81. The fourth-order valence-corrected chi connectivity index (χ4v) is 0.525. The molecule has 12 heteroatoms. The zero-order chi connectivity index (χ0) is 14.8. The van der Waals surface area contributed by atoms with Crippen molar-refractivity contribution >= 4 is 0 Å². The molecule has 0 aliphatic heterocycles. The van der Waals surface area contributed by atoms with E-state index in [1.807, 2.05) is 0 Å². The molecular weight excluding hydrogens is 291 g/mol. The van der Waals surface area contributed by atoms with Gasteiger partial charge in [-0.05, 0) is 0 Å². The molecule has 110 valence electrons. The Bertz CT molecular complexity index is 251. The molecule has 0 rings (SSSR count). The van der Waals surface area contributed by atoms with E-state index in [-0.39, 0.29) is 7.11 Å². The Kier molecular flexibility index (Phi) is 4.88. The van der Waals surface area contributed by atoms with E-state index in [1.165, 1.54) is 0 Å². The van der Waals surface area contributed by atoms with Crippen LogP contribution in [0.25, 0.3) is 0 Å². The minimum absolute atomic E-state index is 0.116. The summed E-state index contributed by atoms with van der Waals surface area (Å²) in [4.78, 5) is 0. The van der Waals surface area contributed by atoms with Crippen molar-refractivity contribution in [2.45, 2.75) is 24.6 Å². The van der Waals surface area contributed by atoms with Gasteiger partial charge in [0.15, 0.2) is 6.67 Å². The Labute approximate surface area is 93.4 Å². The highest BCUT2D eigenvalue weighted by Crippen LogP contribution is 2.43. The van der Waals surface area contributed by atoms with Crippen LogP contribution in [0.15, 0.2) is 0 Å². The molecule has 0 saturated carbocycles. The summed E-state index contributed by atoms with van der Waals surface area (Å²) in [5, 5.41) is 0. The largest absolute Gasteiger partial charge is 0.490 e. The van der Waals surface area contributed by atoms with E-state index in [9.17, 15) is 39.5 Å². The molecule has 0 heterocycles. The zero-order valence-electron chi connectivity index (χ0n) is 8.33. The van der Waals surface area contributed by atoms with Gasteiger partial charge in [0.2, 0.25) is 0 Å². The standard InChI is InChI=1S/C6H5F9O3/c1-16-6(14,15)18-5(12,13)4(10,11)17-3(8,9)2-7/h2H2,1H3. The second-order valence-corrected chi connectivity index (χ2v) is 2.68. The molecule has 0 spiro atoms. The summed E-state index contributed by atoms with van der Waals surface area (Å²) >= 11 is 0. The van der Waals surface area contributed by atoms with Crippen LogP contribution < -0.4 is 0 Å². The van der Waals surface area contributed by atoms with Gasteiger partial charge >= 0.3 is 24.6 Å². The first-order valence-electron chi connectivity index (χ1n) is 3.81. The zero-order valence-corrected chi connectivity index (χ0v) is 8.33. The van der Waals surface area contributed by atoms with Crippen molar-refractivity contribution in [3.05, 3.63) is 0 Å². The molecule has 0 aromatic rings. The fraction of sp³-hybridized carbons (Fsp3) is 1.00. The lowest BCUT2D eigenvalue weighted by Gasteiger charge is -2.29. The Morgan fingerprint density at radius 2 is 1.17 bits per heavy atom. The Morgan fingerprint density at radius 3 is 1.50 bits per heavy atom. The molecule has 0 amide bonds. The molecule has 0 aliphatic carbocycles. The number of halogens is 9. The quantitative estimate of drug-likeness (QED) is 0.534. The van der Waals surface area contributed by atoms with Crippen molar-refractivity contribution < 1.29 is 53.7 Å². The lowest BCUT2D eigenvalue weighted by molar-refractivity contribution is -0.543. The normalized spacial score (nSPS) is 15.0. The van der Waals surface area contributed by atoms with Crippen molar-refractivity contribution in [3.63, 3.8) is 0 Å². The van der Waals surface area contributed by atoms with Gasteiger partial charge < -0.3 is 0 Å². The molecular formula is C6H5F9O3. The monoisotopic (exact) mass is 296 g/mol. The minimum Gasteiger partial charge on any atom is -0.299 e. The minimum atomic E-state index is -6.22. The van der Waals surface area contributed by atoms with Gasteiger partial charge in [-0.25, -0.2) is 13.9 Å². The van der Waals surface area contributed by atoms with Crippen LogP contribution in [0.1, 0.15) is 0 Å². The molecule has 0 unspecified atom stereocenters. The second-order valence-electron chi connectivity index (χ2n) is 2.68. The SMILES string of the molecule is COC(F)(F)OC(F)(F)C(F)(F)OC(F)(F)CF. The van der Waals surface area contributed by atoms with Crippen LogP contribution in [-0.4, -0.2) is 38.4 Å². The molecule has 0 aliphatic rings. The molecule has 0 radical (unpaired) electrons. The topological polar surface area (TPSA) is 27.7 Å². The van der Waals surface area contributed by atoms with Gasteiger partial charge in [-0.15, -0.1) is 8.78 Å². The number of rotatable bonds is 7. The van der Waals surface area contributed by atoms with Crippen molar-refractivity contribution in [3.8, 4) is 0 Å². The van der Waals surface area contributed by atoms with Crippen molar-refractivity contribution in [2.75, 3.05) is 13.8 Å². The number of methoxy groups -OCH3 is 1. The third-order valence-corrected chi connectivity index (χ3v) is 1.26. The second kappa shape index (κ2) is 5.09. The Balaban J connectivity index is 4.97. The first-order chi connectivity index (χ1) is 7.79. The average molecular weight is 296 g/mol. The van der Waals surface area contributed by atoms with Crippen molar-refractivity contribution in [1.29, 1.82) is 0 Å². The maximum absolute atomic E-state index is 12.4. The highest BCUT2D eigenvalue weighted by atomic mass is 19.3. The third-order valence-electron chi connectivity index (χ3n) is 1.26. The molecule has 0 aromatic carbocycles. The summed E-state index contributed by atoms with van der Waals surface area (Å²) in [6.07, 6.45) is -22.9.